The zero-order chi connectivity index (χ0) is 19.4. The standard InChI is InChI=1S/C17H16N4O6/c22-17(13-3-1-2-4-14(13)19-7-9-27-10-8-19)18-12-5-6-15(20(23)24)16(11-12)21(25)26/h1-6,11H,7-10H2,(H,18,22). The zero-order valence-electron chi connectivity index (χ0n) is 14.2. The third-order valence-corrected chi connectivity index (χ3v) is 4.13. The van der Waals surface area contributed by atoms with Gasteiger partial charge < -0.3 is 15.0 Å². The Morgan fingerprint density at radius 2 is 1.67 bits per heavy atom. The number of carbonyl (C=O) groups is 1. The van der Waals surface area contributed by atoms with Crippen LogP contribution in [0.4, 0.5) is 22.7 Å². The summed E-state index contributed by atoms with van der Waals surface area (Å²) in [5.41, 5.74) is -0.0739. The average molecular weight is 372 g/mol. The summed E-state index contributed by atoms with van der Waals surface area (Å²) in [5, 5.41) is 24.5. The number of hydrogen-bond donors (Lipinski definition) is 1. The lowest BCUT2D eigenvalue weighted by Crippen LogP contribution is -2.37. The van der Waals surface area contributed by atoms with E-state index < -0.39 is 27.1 Å². The molecule has 1 aliphatic heterocycles. The molecule has 0 saturated carbocycles. The van der Waals surface area contributed by atoms with E-state index in [0.29, 0.717) is 31.9 Å². The molecule has 2 aromatic carbocycles. The fraction of sp³-hybridized carbons (Fsp3) is 0.235. The zero-order valence-corrected chi connectivity index (χ0v) is 14.2. The minimum atomic E-state index is -0.852. The van der Waals surface area contributed by atoms with Crippen LogP contribution in [0.3, 0.4) is 0 Å². The molecule has 10 nitrogen and oxygen atoms in total. The number of carbonyl (C=O) groups excluding carboxylic acids is 1. The molecule has 0 unspecified atom stereocenters. The molecule has 0 radical (unpaired) electrons. The van der Waals surface area contributed by atoms with E-state index in [0.717, 1.165) is 17.8 Å². The van der Waals surface area contributed by atoms with E-state index in [9.17, 15) is 25.0 Å². The minimum absolute atomic E-state index is 0.106. The predicted octanol–water partition coefficient (Wildman–Crippen LogP) is 2.59. The third kappa shape index (κ3) is 4.01. The van der Waals surface area contributed by atoms with Crippen LogP contribution in [0, 0.1) is 20.2 Å². The second-order valence-electron chi connectivity index (χ2n) is 5.79. The number of anilines is 2. The number of benzene rings is 2. The first-order valence-corrected chi connectivity index (χ1v) is 8.13. The van der Waals surface area contributed by atoms with Crippen molar-refractivity contribution >= 4 is 28.7 Å². The Labute approximate surface area is 153 Å². The Hall–Kier alpha value is -3.53. The molecule has 140 valence electrons. The highest BCUT2D eigenvalue weighted by Gasteiger charge is 2.25. The number of ether oxygens (including phenoxy) is 1. The fourth-order valence-electron chi connectivity index (χ4n) is 2.85. The normalized spacial score (nSPS) is 13.9. The molecule has 2 aromatic rings. The molecule has 0 aliphatic carbocycles. The van der Waals surface area contributed by atoms with Gasteiger partial charge in [0.15, 0.2) is 0 Å². The van der Waals surface area contributed by atoms with Crippen molar-refractivity contribution in [3.63, 3.8) is 0 Å². The summed E-state index contributed by atoms with van der Waals surface area (Å²) in [5.74, 6) is -0.458. The molecule has 10 heteroatoms. The van der Waals surface area contributed by atoms with Gasteiger partial charge in [-0.3, -0.25) is 25.0 Å². The van der Waals surface area contributed by atoms with E-state index >= 15 is 0 Å². The molecule has 27 heavy (non-hydrogen) atoms. The summed E-state index contributed by atoms with van der Waals surface area (Å²) in [7, 11) is 0. The van der Waals surface area contributed by atoms with Crippen molar-refractivity contribution in [2.75, 3.05) is 36.5 Å². The van der Waals surface area contributed by atoms with Crippen LogP contribution in [0.25, 0.3) is 0 Å². The van der Waals surface area contributed by atoms with Gasteiger partial charge in [0.25, 0.3) is 5.91 Å². The Morgan fingerprint density at radius 3 is 2.33 bits per heavy atom. The van der Waals surface area contributed by atoms with Crippen molar-refractivity contribution < 1.29 is 19.4 Å². The number of nitro groups is 2. The van der Waals surface area contributed by atoms with E-state index in [1.54, 1.807) is 12.1 Å². The molecule has 0 aromatic heterocycles. The molecule has 0 bridgehead atoms. The van der Waals surface area contributed by atoms with Gasteiger partial charge in [-0.15, -0.1) is 0 Å². The van der Waals surface area contributed by atoms with Gasteiger partial charge in [-0.05, 0) is 18.2 Å². The number of nitrogens with zero attached hydrogens (tertiary/aromatic N) is 3. The lowest BCUT2D eigenvalue weighted by molar-refractivity contribution is -0.422. The maximum Gasteiger partial charge on any atom is 0.348 e. The molecule has 1 saturated heterocycles. The summed E-state index contributed by atoms with van der Waals surface area (Å²) in [6, 6.07) is 10.3. The smallest absolute Gasteiger partial charge is 0.348 e. The third-order valence-electron chi connectivity index (χ3n) is 4.13. The summed E-state index contributed by atoms with van der Waals surface area (Å²) in [6.07, 6.45) is 0. The maximum absolute atomic E-state index is 12.7. The van der Waals surface area contributed by atoms with Crippen LogP contribution >= 0.6 is 0 Å². The molecule has 1 amide bonds. The Bertz CT molecular complexity index is 895. The van der Waals surface area contributed by atoms with Gasteiger partial charge in [-0.25, -0.2) is 0 Å². The van der Waals surface area contributed by atoms with E-state index in [1.807, 2.05) is 17.0 Å². The van der Waals surface area contributed by atoms with Crippen molar-refractivity contribution in [2.45, 2.75) is 0 Å². The van der Waals surface area contributed by atoms with E-state index in [1.165, 1.54) is 6.07 Å². The number of amides is 1. The van der Waals surface area contributed by atoms with E-state index in [-0.39, 0.29) is 5.69 Å². The van der Waals surface area contributed by atoms with Crippen molar-refractivity contribution in [1.82, 2.24) is 0 Å². The fourth-order valence-corrected chi connectivity index (χ4v) is 2.85. The summed E-state index contributed by atoms with van der Waals surface area (Å²) in [4.78, 5) is 35.0. The van der Waals surface area contributed by atoms with Crippen LogP contribution < -0.4 is 10.2 Å². The van der Waals surface area contributed by atoms with Gasteiger partial charge in [0.1, 0.15) is 0 Å². The largest absolute Gasteiger partial charge is 0.378 e. The topological polar surface area (TPSA) is 128 Å². The van der Waals surface area contributed by atoms with Crippen LogP contribution in [0.2, 0.25) is 0 Å². The van der Waals surface area contributed by atoms with Gasteiger partial charge in [-0.1, -0.05) is 12.1 Å². The number of nitrogens with one attached hydrogen (secondary N) is 1. The van der Waals surface area contributed by atoms with E-state index in [2.05, 4.69) is 5.32 Å². The highest BCUT2D eigenvalue weighted by molar-refractivity contribution is 6.08. The summed E-state index contributed by atoms with van der Waals surface area (Å²) in [6.45, 7) is 2.41. The molecular formula is C17H16N4O6. The monoisotopic (exact) mass is 372 g/mol. The van der Waals surface area contributed by atoms with Crippen LogP contribution in [0.5, 0.6) is 0 Å². The quantitative estimate of drug-likeness (QED) is 0.631. The second-order valence-corrected chi connectivity index (χ2v) is 5.79. The van der Waals surface area contributed by atoms with Crippen molar-refractivity contribution in [3.8, 4) is 0 Å². The molecular weight excluding hydrogens is 356 g/mol. The van der Waals surface area contributed by atoms with Gasteiger partial charge >= 0.3 is 11.4 Å². The molecule has 3 rings (SSSR count). The van der Waals surface area contributed by atoms with Crippen molar-refractivity contribution in [2.24, 2.45) is 0 Å². The second kappa shape index (κ2) is 7.79. The average Bonchev–Trinajstić information content (AvgIpc) is 2.68. The maximum atomic E-state index is 12.7. The summed E-state index contributed by atoms with van der Waals surface area (Å²) < 4.78 is 5.32. The Balaban J connectivity index is 1.87. The molecule has 1 N–H and O–H groups in total. The van der Waals surface area contributed by atoms with Crippen LogP contribution in [-0.4, -0.2) is 42.1 Å². The first kappa shape index (κ1) is 18.3. The van der Waals surface area contributed by atoms with Crippen LogP contribution in [0.15, 0.2) is 42.5 Å². The highest BCUT2D eigenvalue weighted by Crippen LogP contribution is 2.30. The van der Waals surface area contributed by atoms with Crippen LogP contribution in [0.1, 0.15) is 10.4 Å². The molecule has 0 atom stereocenters. The van der Waals surface area contributed by atoms with Crippen molar-refractivity contribution in [1.29, 1.82) is 0 Å². The number of para-hydroxylation sites is 1. The van der Waals surface area contributed by atoms with Crippen molar-refractivity contribution in [3.05, 3.63) is 68.3 Å². The van der Waals surface area contributed by atoms with Gasteiger partial charge in [-0.2, -0.15) is 0 Å². The lowest BCUT2D eigenvalue weighted by Gasteiger charge is -2.30. The predicted molar refractivity (Wildman–Crippen MR) is 97.2 cm³/mol. The SMILES string of the molecule is O=C(Nc1ccc([N+](=O)[O-])c([N+](=O)[O-])c1)c1ccccc1N1CCOCC1. The first-order chi connectivity index (χ1) is 13.0. The molecule has 1 heterocycles. The summed E-state index contributed by atoms with van der Waals surface area (Å²) >= 11 is 0. The lowest BCUT2D eigenvalue weighted by atomic mass is 10.1. The Kier molecular flexibility index (Phi) is 5.27. The number of morpholine rings is 1. The minimum Gasteiger partial charge on any atom is -0.378 e. The van der Waals surface area contributed by atoms with E-state index in [4.69, 9.17) is 4.74 Å². The molecule has 0 spiro atoms. The Morgan fingerprint density at radius 1 is 1.00 bits per heavy atom. The number of hydrogen-bond acceptors (Lipinski definition) is 7. The van der Waals surface area contributed by atoms with Gasteiger partial charge in [0, 0.05) is 36.6 Å². The van der Waals surface area contributed by atoms with Gasteiger partial charge in [0.2, 0.25) is 0 Å². The molecule has 1 aliphatic rings. The number of nitro benzene ring substituents is 2. The van der Waals surface area contributed by atoms with Gasteiger partial charge in [0.05, 0.1) is 28.6 Å². The highest BCUT2D eigenvalue weighted by atomic mass is 16.6. The van der Waals surface area contributed by atoms with Crippen LogP contribution in [-0.2, 0) is 4.74 Å². The number of rotatable bonds is 5. The first-order valence-electron chi connectivity index (χ1n) is 8.13. The molecule has 1 fully saturated rings.